The third kappa shape index (κ3) is 2.41. The lowest BCUT2D eigenvalue weighted by Gasteiger charge is -2.14. The van der Waals surface area contributed by atoms with E-state index in [1.165, 1.54) is 6.07 Å². The van der Waals surface area contributed by atoms with Gasteiger partial charge in [-0.25, -0.2) is 8.78 Å². The zero-order valence-electron chi connectivity index (χ0n) is 10.1. The Hall–Kier alpha value is -1.75. The SMILES string of the molecule is CCCn1nccc1C(N)c1ccc(F)c(F)c1. The van der Waals surface area contributed by atoms with Crippen molar-refractivity contribution in [3.05, 3.63) is 53.4 Å². The van der Waals surface area contributed by atoms with Crippen LogP contribution in [0.4, 0.5) is 8.78 Å². The molecule has 1 heterocycles. The summed E-state index contributed by atoms with van der Waals surface area (Å²) < 4.78 is 27.8. The molecule has 0 aliphatic carbocycles. The molecular weight excluding hydrogens is 236 g/mol. The van der Waals surface area contributed by atoms with Gasteiger partial charge in [0.1, 0.15) is 0 Å². The Morgan fingerprint density at radius 3 is 2.72 bits per heavy atom. The van der Waals surface area contributed by atoms with Crippen molar-refractivity contribution in [1.29, 1.82) is 0 Å². The zero-order valence-corrected chi connectivity index (χ0v) is 10.1. The number of benzene rings is 1. The summed E-state index contributed by atoms with van der Waals surface area (Å²) in [7, 11) is 0. The molecular formula is C13H15F2N3. The van der Waals surface area contributed by atoms with E-state index in [9.17, 15) is 8.78 Å². The summed E-state index contributed by atoms with van der Waals surface area (Å²) in [6.45, 7) is 2.79. The molecule has 18 heavy (non-hydrogen) atoms. The first-order chi connectivity index (χ1) is 8.63. The highest BCUT2D eigenvalue weighted by molar-refractivity contribution is 5.28. The molecule has 0 spiro atoms. The fourth-order valence-corrected chi connectivity index (χ4v) is 1.88. The summed E-state index contributed by atoms with van der Waals surface area (Å²) in [4.78, 5) is 0. The van der Waals surface area contributed by atoms with Gasteiger partial charge in [-0.15, -0.1) is 0 Å². The van der Waals surface area contributed by atoms with Gasteiger partial charge in [-0.2, -0.15) is 5.10 Å². The van der Waals surface area contributed by atoms with E-state index in [1.54, 1.807) is 16.9 Å². The highest BCUT2D eigenvalue weighted by Gasteiger charge is 2.15. The van der Waals surface area contributed by atoms with Crippen LogP contribution in [0.5, 0.6) is 0 Å². The van der Waals surface area contributed by atoms with Crippen LogP contribution >= 0.6 is 0 Å². The largest absolute Gasteiger partial charge is 0.319 e. The molecule has 1 aromatic heterocycles. The van der Waals surface area contributed by atoms with Gasteiger partial charge in [-0.1, -0.05) is 13.0 Å². The van der Waals surface area contributed by atoms with E-state index < -0.39 is 17.7 Å². The molecule has 2 aromatic rings. The third-order valence-electron chi connectivity index (χ3n) is 2.81. The zero-order chi connectivity index (χ0) is 13.1. The molecule has 0 aliphatic heterocycles. The molecule has 0 saturated heterocycles. The second-order valence-electron chi connectivity index (χ2n) is 4.13. The van der Waals surface area contributed by atoms with Crippen LogP contribution in [0.1, 0.15) is 30.6 Å². The molecule has 2 rings (SSSR count). The quantitative estimate of drug-likeness (QED) is 0.907. The predicted molar refractivity (Wildman–Crippen MR) is 64.9 cm³/mol. The van der Waals surface area contributed by atoms with Gasteiger partial charge in [0.25, 0.3) is 0 Å². The highest BCUT2D eigenvalue weighted by atomic mass is 19.2. The first-order valence-corrected chi connectivity index (χ1v) is 5.85. The van der Waals surface area contributed by atoms with Gasteiger partial charge in [0, 0.05) is 12.7 Å². The lowest BCUT2D eigenvalue weighted by Crippen LogP contribution is -2.18. The van der Waals surface area contributed by atoms with Gasteiger partial charge in [0.05, 0.1) is 11.7 Å². The number of halogens is 2. The summed E-state index contributed by atoms with van der Waals surface area (Å²) in [5, 5.41) is 4.16. The number of nitrogens with two attached hydrogens (primary N) is 1. The van der Waals surface area contributed by atoms with Crippen LogP contribution in [0, 0.1) is 11.6 Å². The molecule has 1 atom stereocenters. The minimum atomic E-state index is -0.885. The van der Waals surface area contributed by atoms with E-state index in [4.69, 9.17) is 5.73 Å². The summed E-state index contributed by atoms with van der Waals surface area (Å²) in [6, 6.07) is 5.00. The van der Waals surface area contributed by atoms with Gasteiger partial charge in [-0.05, 0) is 30.2 Å². The predicted octanol–water partition coefficient (Wildman–Crippen LogP) is 2.62. The molecule has 1 aromatic carbocycles. The Balaban J connectivity index is 2.32. The molecule has 3 nitrogen and oxygen atoms in total. The summed E-state index contributed by atoms with van der Waals surface area (Å²) in [5.41, 5.74) is 7.39. The molecule has 0 aliphatic rings. The topological polar surface area (TPSA) is 43.8 Å². The number of rotatable bonds is 4. The van der Waals surface area contributed by atoms with Gasteiger partial charge >= 0.3 is 0 Å². The van der Waals surface area contributed by atoms with Crippen LogP contribution in [-0.4, -0.2) is 9.78 Å². The van der Waals surface area contributed by atoms with Crippen molar-refractivity contribution in [3.8, 4) is 0 Å². The summed E-state index contributed by atoms with van der Waals surface area (Å²) in [6.07, 6.45) is 2.59. The maximum atomic E-state index is 13.2. The van der Waals surface area contributed by atoms with E-state index in [2.05, 4.69) is 5.10 Å². The molecule has 0 amide bonds. The first-order valence-electron chi connectivity index (χ1n) is 5.85. The molecule has 5 heteroatoms. The number of hydrogen-bond donors (Lipinski definition) is 1. The average Bonchev–Trinajstić information content (AvgIpc) is 2.80. The lowest BCUT2D eigenvalue weighted by atomic mass is 10.0. The Bertz CT molecular complexity index is 537. The third-order valence-corrected chi connectivity index (χ3v) is 2.81. The Morgan fingerprint density at radius 2 is 2.06 bits per heavy atom. The molecule has 0 fully saturated rings. The van der Waals surface area contributed by atoms with Crippen molar-refractivity contribution in [3.63, 3.8) is 0 Å². The van der Waals surface area contributed by atoms with Crippen molar-refractivity contribution < 1.29 is 8.78 Å². The minimum absolute atomic E-state index is 0.505. The van der Waals surface area contributed by atoms with Crippen LogP contribution in [0.25, 0.3) is 0 Å². The minimum Gasteiger partial charge on any atom is -0.319 e. The van der Waals surface area contributed by atoms with Crippen molar-refractivity contribution in [2.45, 2.75) is 25.9 Å². The van der Waals surface area contributed by atoms with Gasteiger partial charge in [0.15, 0.2) is 11.6 Å². The molecule has 0 radical (unpaired) electrons. The number of hydrogen-bond acceptors (Lipinski definition) is 2. The standard InChI is InChI=1S/C13H15F2N3/c1-2-7-18-12(5-6-17-18)13(16)9-3-4-10(14)11(15)8-9/h3-6,8,13H,2,7,16H2,1H3. The van der Waals surface area contributed by atoms with Crippen molar-refractivity contribution >= 4 is 0 Å². The van der Waals surface area contributed by atoms with E-state index in [1.807, 2.05) is 6.92 Å². The lowest BCUT2D eigenvalue weighted by molar-refractivity contribution is 0.504. The normalized spacial score (nSPS) is 12.7. The van der Waals surface area contributed by atoms with Gasteiger partial charge < -0.3 is 5.73 Å². The molecule has 2 N–H and O–H groups in total. The first kappa shape index (κ1) is 12.7. The van der Waals surface area contributed by atoms with E-state index in [0.29, 0.717) is 5.56 Å². The molecule has 1 unspecified atom stereocenters. The fraction of sp³-hybridized carbons (Fsp3) is 0.308. The Morgan fingerprint density at radius 1 is 1.28 bits per heavy atom. The van der Waals surface area contributed by atoms with E-state index in [-0.39, 0.29) is 0 Å². The van der Waals surface area contributed by atoms with Crippen LogP contribution in [0.2, 0.25) is 0 Å². The van der Waals surface area contributed by atoms with Crippen LogP contribution < -0.4 is 5.73 Å². The van der Waals surface area contributed by atoms with Crippen LogP contribution in [-0.2, 0) is 6.54 Å². The van der Waals surface area contributed by atoms with E-state index >= 15 is 0 Å². The monoisotopic (exact) mass is 251 g/mol. The van der Waals surface area contributed by atoms with Crippen molar-refractivity contribution in [1.82, 2.24) is 9.78 Å². The fourth-order valence-electron chi connectivity index (χ4n) is 1.88. The molecule has 0 saturated carbocycles. The van der Waals surface area contributed by atoms with Gasteiger partial charge in [-0.3, -0.25) is 4.68 Å². The second-order valence-corrected chi connectivity index (χ2v) is 4.13. The Labute approximate surface area is 104 Å². The summed E-state index contributed by atoms with van der Waals surface area (Å²) in [5.74, 6) is -1.75. The number of aromatic nitrogens is 2. The second kappa shape index (κ2) is 5.27. The smallest absolute Gasteiger partial charge is 0.159 e. The Kier molecular flexibility index (Phi) is 3.72. The molecule has 96 valence electrons. The number of nitrogens with zero attached hydrogens (tertiary/aromatic N) is 2. The average molecular weight is 251 g/mol. The van der Waals surface area contributed by atoms with Crippen molar-refractivity contribution in [2.24, 2.45) is 5.73 Å². The van der Waals surface area contributed by atoms with Crippen LogP contribution in [0.3, 0.4) is 0 Å². The van der Waals surface area contributed by atoms with Gasteiger partial charge in [0.2, 0.25) is 0 Å². The van der Waals surface area contributed by atoms with E-state index in [0.717, 1.165) is 30.8 Å². The maximum Gasteiger partial charge on any atom is 0.159 e. The van der Waals surface area contributed by atoms with Crippen LogP contribution in [0.15, 0.2) is 30.5 Å². The maximum absolute atomic E-state index is 13.2. The van der Waals surface area contributed by atoms with Crippen molar-refractivity contribution in [2.75, 3.05) is 0 Å². The summed E-state index contributed by atoms with van der Waals surface area (Å²) >= 11 is 0. The number of aryl methyl sites for hydroxylation is 1. The molecule has 0 bridgehead atoms. The highest BCUT2D eigenvalue weighted by Crippen LogP contribution is 2.21.